The molecule has 6 heteroatoms. The van der Waals surface area contributed by atoms with E-state index in [1.807, 2.05) is 0 Å². The standard InChI is InChI=1S/C14H15BrF3NO/c15-9-13(7-1-2-8-13)19-12(20)10-3-5-11(6-4-10)14(16,17)18/h3-6H,1-2,7-9H2,(H,19,20). The Morgan fingerprint density at radius 3 is 2.20 bits per heavy atom. The molecule has 1 amide bonds. The highest BCUT2D eigenvalue weighted by Gasteiger charge is 2.35. The maximum atomic E-state index is 12.5. The van der Waals surface area contributed by atoms with Gasteiger partial charge < -0.3 is 5.32 Å². The van der Waals surface area contributed by atoms with Crippen molar-refractivity contribution in [2.24, 2.45) is 0 Å². The van der Waals surface area contributed by atoms with Crippen LogP contribution in [0.4, 0.5) is 13.2 Å². The van der Waals surface area contributed by atoms with E-state index in [0.29, 0.717) is 5.33 Å². The van der Waals surface area contributed by atoms with E-state index in [4.69, 9.17) is 0 Å². The lowest BCUT2D eigenvalue weighted by molar-refractivity contribution is -0.137. The maximum Gasteiger partial charge on any atom is 0.416 e. The molecule has 1 aliphatic rings. The molecule has 0 radical (unpaired) electrons. The van der Waals surface area contributed by atoms with Gasteiger partial charge in [0.15, 0.2) is 0 Å². The van der Waals surface area contributed by atoms with Gasteiger partial charge in [0, 0.05) is 10.9 Å². The Labute approximate surface area is 123 Å². The van der Waals surface area contributed by atoms with Crippen molar-refractivity contribution < 1.29 is 18.0 Å². The van der Waals surface area contributed by atoms with Crippen LogP contribution in [0.15, 0.2) is 24.3 Å². The molecule has 0 aromatic heterocycles. The number of rotatable bonds is 3. The molecule has 0 heterocycles. The number of nitrogens with one attached hydrogen (secondary N) is 1. The van der Waals surface area contributed by atoms with Crippen LogP contribution in [0.1, 0.15) is 41.6 Å². The second-order valence-electron chi connectivity index (χ2n) is 5.15. The molecule has 110 valence electrons. The first-order valence-corrected chi connectivity index (χ1v) is 7.54. The smallest absolute Gasteiger partial charge is 0.346 e. The quantitative estimate of drug-likeness (QED) is 0.816. The molecule has 2 nitrogen and oxygen atoms in total. The van der Waals surface area contributed by atoms with Gasteiger partial charge in [-0.2, -0.15) is 13.2 Å². The predicted octanol–water partition coefficient (Wildman–Crippen LogP) is 4.14. The molecule has 1 N–H and O–H groups in total. The van der Waals surface area contributed by atoms with Crippen molar-refractivity contribution in [3.8, 4) is 0 Å². The number of benzene rings is 1. The first-order chi connectivity index (χ1) is 9.36. The molecule has 0 unspecified atom stereocenters. The van der Waals surface area contributed by atoms with E-state index in [1.54, 1.807) is 0 Å². The highest BCUT2D eigenvalue weighted by molar-refractivity contribution is 9.09. The minimum atomic E-state index is -4.38. The fourth-order valence-electron chi connectivity index (χ4n) is 2.47. The molecule has 20 heavy (non-hydrogen) atoms. The molecule has 2 rings (SSSR count). The van der Waals surface area contributed by atoms with Gasteiger partial charge in [-0.1, -0.05) is 28.8 Å². The molecule has 1 aromatic carbocycles. The molecule has 1 saturated carbocycles. The van der Waals surface area contributed by atoms with Crippen molar-refractivity contribution in [2.75, 3.05) is 5.33 Å². The lowest BCUT2D eigenvalue weighted by Crippen LogP contribution is -2.47. The third-order valence-electron chi connectivity index (χ3n) is 3.67. The summed E-state index contributed by atoms with van der Waals surface area (Å²) in [6.45, 7) is 0. The molecule has 1 fully saturated rings. The average molecular weight is 350 g/mol. The van der Waals surface area contributed by atoms with Gasteiger partial charge in [-0.3, -0.25) is 4.79 Å². The van der Waals surface area contributed by atoms with Gasteiger partial charge in [0.1, 0.15) is 0 Å². The number of hydrogen-bond acceptors (Lipinski definition) is 1. The number of hydrogen-bond donors (Lipinski definition) is 1. The minimum absolute atomic E-state index is 0.255. The van der Waals surface area contributed by atoms with Crippen molar-refractivity contribution in [2.45, 2.75) is 37.4 Å². The third-order valence-corrected chi connectivity index (χ3v) is 4.74. The molecular formula is C14H15BrF3NO. The summed E-state index contributed by atoms with van der Waals surface area (Å²) in [6.07, 6.45) is -0.482. The molecule has 1 aromatic rings. The summed E-state index contributed by atoms with van der Waals surface area (Å²) in [5, 5.41) is 3.61. The van der Waals surface area contributed by atoms with Gasteiger partial charge >= 0.3 is 6.18 Å². The Morgan fingerprint density at radius 2 is 1.75 bits per heavy atom. The van der Waals surface area contributed by atoms with Crippen LogP contribution >= 0.6 is 15.9 Å². The van der Waals surface area contributed by atoms with E-state index >= 15 is 0 Å². The van der Waals surface area contributed by atoms with Gasteiger partial charge in [0.25, 0.3) is 5.91 Å². The van der Waals surface area contributed by atoms with Crippen LogP contribution in [0, 0.1) is 0 Å². The predicted molar refractivity (Wildman–Crippen MR) is 73.9 cm³/mol. The Hall–Kier alpha value is -1.04. The highest BCUT2D eigenvalue weighted by Crippen LogP contribution is 2.32. The second-order valence-corrected chi connectivity index (χ2v) is 5.71. The van der Waals surface area contributed by atoms with Crippen molar-refractivity contribution >= 4 is 21.8 Å². The van der Waals surface area contributed by atoms with Gasteiger partial charge in [-0.15, -0.1) is 0 Å². The number of halogens is 4. The van der Waals surface area contributed by atoms with E-state index in [1.165, 1.54) is 12.1 Å². The monoisotopic (exact) mass is 349 g/mol. The summed E-state index contributed by atoms with van der Waals surface area (Å²) in [4.78, 5) is 12.1. The molecule has 0 spiro atoms. The fraction of sp³-hybridized carbons (Fsp3) is 0.500. The summed E-state index contributed by atoms with van der Waals surface area (Å²) >= 11 is 3.41. The zero-order chi connectivity index (χ0) is 14.8. The largest absolute Gasteiger partial charge is 0.416 e. The van der Waals surface area contributed by atoms with Gasteiger partial charge in [-0.05, 0) is 37.1 Å². The number of carbonyl (C=O) groups is 1. The SMILES string of the molecule is O=C(NC1(CBr)CCCC1)c1ccc(C(F)(F)F)cc1. The maximum absolute atomic E-state index is 12.5. The third kappa shape index (κ3) is 3.34. The molecule has 0 atom stereocenters. The Kier molecular flexibility index (Phi) is 4.42. The van der Waals surface area contributed by atoms with Crippen molar-refractivity contribution in [1.82, 2.24) is 5.32 Å². The molecular weight excluding hydrogens is 335 g/mol. The second kappa shape index (κ2) is 5.76. The van der Waals surface area contributed by atoms with Crippen LogP contribution in [0.5, 0.6) is 0 Å². The van der Waals surface area contributed by atoms with Crippen molar-refractivity contribution in [1.29, 1.82) is 0 Å². The van der Waals surface area contributed by atoms with E-state index in [9.17, 15) is 18.0 Å². The number of amides is 1. The van der Waals surface area contributed by atoms with Crippen LogP contribution in [-0.2, 0) is 6.18 Å². The highest BCUT2D eigenvalue weighted by atomic mass is 79.9. The summed E-state index contributed by atoms with van der Waals surface area (Å²) in [7, 11) is 0. The van der Waals surface area contributed by atoms with Gasteiger partial charge in [0.05, 0.1) is 11.1 Å². The first kappa shape index (κ1) is 15.4. The minimum Gasteiger partial charge on any atom is -0.346 e. The lowest BCUT2D eigenvalue weighted by atomic mass is 9.99. The molecule has 0 saturated heterocycles. The van der Waals surface area contributed by atoms with Gasteiger partial charge in [0.2, 0.25) is 0 Å². The van der Waals surface area contributed by atoms with Gasteiger partial charge in [-0.25, -0.2) is 0 Å². The number of alkyl halides is 4. The van der Waals surface area contributed by atoms with Crippen LogP contribution < -0.4 is 5.32 Å². The Balaban J connectivity index is 2.10. The normalized spacial score (nSPS) is 18.0. The number of carbonyl (C=O) groups excluding carboxylic acids is 1. The lowest BCUT2D eigenvalue weighted by Gasteiger charge is -2.28. The molecule has 0 aliphatic heterocycles. The average Bonchev–Trinajstić information content (AvgIpc) is 2.87. The molecule has 1 aliphatic carbocycles. The summed E-state index contributed by atoms with van der Waals surface area (Å²) < 4.78 is 37.4. The molecule has 0 bridgehead atoms. The van der Waals surface area contributed by atoms with Crippen LogP contribution in [0.25, 0.3) is 0 Å². The van der Waals surface area contributed by atoms with Crippen molar-refractivity contribution in [3.05, 3.63) is 35.4 Å². The zero-order valence-corrected chi connectivity index (χ0v) is 12.4. The van der Waals surface area contributed by atoms with E-state index in [2.05, 4.69) is 21.2 Å². The van der Waals surface area contributed by atoms with E-state index < -0.39 is 11.7 Å². The summed E-state index contributed by atoms with van der Waals surface area (Å²) in [5.41, 5.74) is -0.755. The fourth-order valence-corrected chi connectivity index (χ4v) is 3.17. The van der Waals surface area contributed by atoms with Crippen LogP contribution in [-0.4, -0.2) is 16.8 Å². The van der Waals surface area contributed by atoms with E-state index in [0.717, 1.165) is 37.8 Å². The Bertz CT molecular complexity index is 478. The van der Waals surface area contributed by atoms with Crippen molar-refractivity contribution in [3.63, 3.8) is 0 Å². The van der Waals surface area contributed by atoms with E-state index in [-0.39, 0.29) is 17.0 Å². The van der Waals surface area contributed by atoms with Crippen LogP contribution in [0.2, 0.25) is 0 Å². The summed E-state index contributed by atoms with van der Waals surface area (Å²) in [5.74, 6) is -0.319. The summed E-state index contributed by atoms with van der Waals surface area (Å²) in [6, 6.07) is 4.30. The topological polar surface area (TPSA) is 29.1 Å². The zero-order valence-electron chi connectivity index (χ0n) is 10.8. The Morgan fingerprint density at radius 1 is 1.20 bits per heavy atom. The van der Waals surface area contributed by atoms with Crippen LogP contribution in [0.3, 0.4) is 0 Å². The first-order valence-electron chi connectivity index (χ1n) is 6.42.